The summed E-state index contributed by atoms with van der Waals surface area (Å²) in [5, 5.41) is 7.69. The zero-order chi connectivity index (χ0) is 15.2. The van der Waals surface area contributed by atoms with Crippen LogP contribution in [0, 0.1) is 5.92 Å². The molecule has 8 heteroatoms. The van der Waals surface area contributed by atoms with E-state index >= 15 is 0 Å². The van der Waals surface area contributed by atoms with Gasteiger partial charge in [0.2, 0.25) is 5.91 Å². The summed E-state index contributed by atoms with van der Waals surface area (Å²) in [4.78, 5) is 14.0. The lowest BCUT2D eigenvalue weighted by atomic mass is 9.97. The van der Waals surface area contributed by atoms with Crippen LogP contribution >= 0.6 is 0 Å². The SMILES string of the molecule is C=CCNC(=O)C(C)N1CCCC(CNS(N)(=O)=O)C1. The maximum absolute atomic E-state index is 11.9. The number of rotatable bonds is 7. The van der Waals surface area contributed by atoms with Gasteiger partial charge in [0, 0.05) is 19.6 Å². The molecule has 0 radical (unpaired) electrons. The number of hydrogen-bond donors (Lipinski definition) is 3. The number of carbonyl (C=O) groups is 1. The van der Waals surface area contributed by atoms with Gasteiger partial charge in [-0.15, -0.1) is 6.58 Å². The highest BCUT2D eigenvalue weighted by atomic mass is 32.2. The van der Waals surface area contributed by atoms with Gasteiger partial charge in [-0.3, -0.25) is 9.69 Å². The van der Waals surface area contributed by atoms with E-state index in [4.69, 9.17) is 5.14 Å². The first-order valence-corrected chi connectivity index (χ1v) is 8.28. The van der Waals surface area contributed by atoms with Crippen LogP contribution in [0.2, 0.25) is 0 Å². The van der Waals surface area contributed by atoms with Crippen LogP contribution < -0.4 is 15.2 Å². The van der Waals surface area contributed by atoms with E-state index in [0.717, 1.165) is 19.4 Å². The van der Waals surface area contributed by atoms with Crippen molar-refractivity contribution in [3.05, 3.63) is 12.7 Å². The van der Waals surface area contributed by atoms with Gasteiger partial charge in [0.05, 0.1) is 6.04 Å². The average molecular weight is 304 g/mol. The summed E-state index contributed by atoms with van der Waals surface area (Å²) in [6.07, 6.45) is 3.51. The Labute approximate surface area is 120 Å². The summed E-state index contributed by atoms with van der Waals surface area (Å²) in [7, 11) is -3.65. The highest BCUT2D eigenvalue weighted by molar-refractivity contribution is 7.87. The highest BCUT2D eigenvalue weighted by Gasteiger charge is 2.27. The van der Waals surface area contributed by atoms with Crippen molar-refractivity contribution in [1.82, 2.24) is 14.9 Å². The monoisotopic (exact) mass is 304 g/mol. The largest absolute Gasteiger partial charge is 0.351 e. The van der Waals surface area contributed by atoms with Crippen LogP contribution in [0.1, 0.15) is 19.8 Å². The Balaban J connectivity index is 2.47. The predicted octanol–water partition coefficient (Wildman–Crippen LogP) is -0.818. The summed E-state index contributed by atoms with van der Waals surface area (Å²) in [5.74, 6) is 0.140. The van der Waals surface area contributed by atoms with Gasteiger partial charge in [-0.1, -0.05) is 6.08 Å². The normalized spacial score (nSPS) is 22.2. The first kappa shape index (κ1) is 17.1. The number of carbonyl (C=O) groups excluding carboxylic acids is 1. The Kier molecular flexibility index (Phi) is 6.60. The highest BCUT2D eigenvalue weighted by Crippen LogP contribution is 2.18. The van der Waals surface area contributed by atoms with Crippen LogP contribution in [-0.4, -0.2) is 51.4 Å². The molecule has 2 unspecified atom stereocenters. The molecule has 1 fully saturated rings. The van der Waals surface area contributed by atoms with Crippen molar-refractivity contribution in [2.45, 2.75) is 25.8 Å². The number of likely N-dealkylation sites (tertiary alicyclic amines) is 1. The maximum Gasteiger partial charge on any atom is 0.274 e. The lowest BCUT2D eigenvalue weighted by Crippen LogP contribution is -2.50. The van der Waals surface area contributed by atoms with Crippen molar-refractivity contribution in [3.63, 3.8) is 0 Å². The van der Waals surface area contributed by atoms with E-state index in [1.54, 1.807) is 6.08 Å². The average Bonchev–Trinajstić information content (AvgIpc) is 2.41. The quantitative estimate of drug-likeness (QED) is 0.535. The van der Waals surface area contributed by atoms with Crippen LogP contribution in [0.5, 0.6) is 0 Å². The Bertz CT molecular complexity index is 438. The Morgan fingerprint density at radius 1 is 1.60 bits per heavy atom. The van der Waals surface area contributed by atoms with Crippen LogP contribution in [0.15, 0.2) is 12.7 Å². The van der Waals surface area contributed by atoms with E-state index < -0.39 is 10.2 Å². The van der Waals surface area contributed by atoms with Gasteiger partial charge >= 0.3 is 0 Å². The molecule has 0 aromatic heterocycles. The van der Waals surface area contributed by atoms with Gasteiger partial charge in [-0.05, 0) is 32.2 Å². The van der Waals surface area contributed by atoms with Crippen molar-refractivity contribution >= 4 is 16.1 Å². The molecule has 2 atom stereocenters. The van der Waals surface area contributed by atoms with E-state index in [2.05, 4.69) is 21.5 Å². The lowest BCUT2D eigenvalue weighted by Gasteiger charge is -2.36. The van der Waals surface area contributed by atoms with Crippen LogP contribution in [0.4, 0.5) is 0 Å². The minimum atomic E-state index is -3.65. The van der Waals surface area contributed by atoms with Crippen molar-refractivity contribution in [3.8, 4) is 0 Å². The number of nitrogens with zero attached hydrogens (tertiary/aromatic N) is 1. The van der Waals surface area contributed by atoms with Crippen LogP contribution in [-0.2, 0) is 15.0 Å². The molecule has 0 spiro atoms. The molecule has 0 bridgehead atoms. The summed E-state index contributed by atoms with van der Waals surface area (Å²) < 4.78 is 24.1. The second-order valence-electron chi connectivity index (χ2n) is 5.11. The van der Waals surface area contributed by atoms with Gasteiger partial charge < -0.3 is 5.32 Å². The molecule has 116 valence electrons. The molecule has 1 saturated heterocycles. The molecule has 7 nitrogen and oxygen atoms in total. The third-order valence-electron chi connectivity index (χ3n) is 3.47. The van der Waals surface area contributed by atoms with Crippen molar-refractivity contribution in [2.75, 3.05) is 26.2 Å². The third kappa shape index (κ3) is 6.00. The fourth-order valence-corrected chi connectivity index (χ4v) is 2.80. The molecule has 1 aliphatic rings. The zero-order valence-electron chi connectivity index (χ0n) is 11.8. The second kappa shape index (κ2) is 7.72. The van der Waals surface area contributed by atoms with Gasteiger partial charge in [0.1, 0.15) is 0 Å². The second-order valence-corrected chi connectivity index (χ2v) is 6.49. The minimum absolute atomic E-state index is 0.0371. The van der Waals surface area contributed by atoms with E-state index in [1.807, 2.05) is 6.92 Å². The molecule has 1 heterocycles. The first-order valence-electron chi connectivity index (χ1n) is 6.73. The third-order valence-corrected chi connectivity index (χ3v) is 4.04. The topological polar surface area (TPSA) is 105 Å². The van der Waals surface area contributed by atoms with Gasteiger partial charge in [-0.25, -0.2) is 9.86 Å². The molecule has 4 N–H and O–H groups in total. The number of hydrogen-bond acceptors (Lipinski definition) is 4. The summed E-state index contributed by atoms with van der Waals surface area (Å²) >= 11 is 0. The smallest absolute Gasteiger partial charge is 0.274 e. The molecule has 1 rings (SSSR count). The molecular formula is C12H24N4O3S. The molecule has 0 saturated carbocycles. The minimum Gasteiger partial charge on any atom is -0.351 e. The van der Waals surface area contributed by atoms with Crippen LogP contribution in [0.3, 0.4) is 0 Å². The van der Waals surface area contributed by atoms with E-state index in [1.165, 1.54) is 0 Å². The van der Waals surface area contributed by atoms with E-state index in [9.17, 15) is 13.2 Å². The molecule has 1 aliphatic heterocycles. The molecular weight excluding hydrogens is 280 g/mol. The van der Waals surface area contributed by atoms with E-state index in [0.29, 0.717) is 19.6 Å². The Hall–Kier alpha value is -0.960. The number of amides is 1. The molecule has 0 aliphatic carbocycles. The molecule has 0 aromatic carbocycles. The van der Waals surface area contributed by atoms with Gasteiger partial charge in [-0.2, -0.15) is 8.42 Å². The molecule has 20 heavy (non-hydrogen) atoms. The Morgan fingerprint density at radius 3 is 2.90 bits per heavy atom. The number of piperidine rings is 1. The summed E-state index contributed by atoms with van der Waals surface area (Å²) in [6.45, 7) is 7.71. The fourth-order valence-electron chi connectivity index (χ4n) is 2.34. The number of nitrogens with one attached hydrogen (secondary N) is 2. The molecule has 0 aromatic rings. The van der Waals surface area contributed by atoms with Gasteiger partial charge in [0.15, 0.2) is 0 Å². The Morgan fingerprint density at radius 2 is 2.30 bits per heavy atom. The molecule has 1 amide bonds. The fraction of sp³-hybridized carbons (Fsp3) is 0.750. The lowest BCUT2D eigenvalue weighted by molar-refractivity contribution is -0.126. The summed E-state index contributed by atoms with van der Waals surface area (Å²) in [5.41, 5.74) is 0. The van der Waals surface area contributed by atoms with E-state index in [-0.39, 0.29) is 17.9 Å². The van der Waals surface area contributed by atoms with Crippen molar-refractivity contribution in [2.24, 2.45) is 11.1 Å². The van der Waals surface area contributed by atoms with Crippen LogP contribution in [0.25, 0.3) is 0 Å². The van der Waals surface area contributed by atoms with Crippen molar-refractivity contribution < 1.29 is 13.2 Å². The van der Waals surface area contributed by atoms with Crippen molar-refractivity contribution in [1.29, 1.82) is 0 Å². The predicted molar refractivity (Wildman–Crippen MR) is 78.1 cm³/mol. The maximum atomic E-state index is 11.9. The van der Waals surface area contributed by atoms with Gasteiger partial charge in [0.25, 0.3) is 10.2 Å². The summed E-state index contributed by atoms with van der Waals surface area (Å²) in [6, 6.07) is -0.229. The first-order chi connectivity index (χ1) is 9.33. The number of nitrogens with two attached hydrogens (primary N) is 1. The zero-order valence-corrected chi connectivity index (χ0v) is 12.7. The standard InChI is InChI=1S/C12H24N4O3S/c1-3-6-14-12(17)10(2)16-7-4-5-11(9-16)8-15-20(13,18)19/h3,10-11,15H,1,4-9H2,2H3,(H,14,17)(H2,13,18,19).